The molecule has 1 atom stereocenters. The predicted octanol–water partition coefficient (Wildman–Crippen LogP) is -0.666. The Kier molecular flexibility index (Phi) is 7.38. The van der Waals surface area contributed by atoms with Crippen LogP contribution in [-0.2, 0) is 14.8 Å². The molecule has 19 heavy (non-hydrogen) atoms. The molecule has 2 amide bonds. The molecule has 0 bridgehead atoms. The highest BCUT2D eigenvalue weighted by Gasteiger charge is 2.22. The molecule has 0 saturated carbocycles. The molecule has 0 unspecified atom stereocenters. The van der Waals surface area contributed by atoms with Gasteiger partial charge < -0.3 is 15.7 Å². The molecule has 0 aliphatic heterocycles. The summed E-state index contributed by atoms with van der Waals surface area (Å²) in [6.45, 7) is 3.84. The lowest BCUT2D eigenvalue weighted by Crippen LogP contribution is -2.48. The Bertz CT molecular complexity index is 407. The lowest BCUT2D eigenvalue weighted by Gasteiger charge is -2.18. The van der Waals surface area contributed by atoms with Gasteiger partial charge in [-0.25, -0.2) is 22.7 Å². The molecule has 0 aromatic heterocycles. The molecule has 0 aliphatic carbocycles. The summed E-state index contributed by atoms with van der Waals surface area (Å²) in [5.41, 5.74) is 0. The summed E-state index contributed by atoms with van der Waals surface area (Å²) in [4.78, 5) is 22.2. The van der Waals surface area contributed by atoms with Crippen LogP contribution >= 0.6 is 0 Å². The molecule has 112 valence electrons. The second-order valence-corrected chi connectivity index (χ2v) is 6.31. The van der Waals surface area contributed by atoms with E-state index in [0.717, 1.165) is 6.26 Å². The fourth-order valence-corrected chi connectivity index (χ4v) is 1.77. The molecule has 0 aromatic carbocycles. The van der Waals surface area contributed by atoms with E-state index in [-0.39, 0.29) is 19.0 Å². The number of carboxylic acids is 1. The molecular weight excluding hydrogens is 274 g/mol. The van der Waals surface area contributed by atoms with Crippen LogP contribution in [-0.4, -0.2) is 50.9 Å². The molecule has 0 aliphatic rings. The average molecular weight is 295 g/mol. The van der Waals surface area contributed by atoms with Crippen LogP contribution in [0.2, 0.25) is 0 Å². The number of carbonyl (C=O) groups excluding carboxylic acids is 1. The van der Waals surface area contributed by atoms with Gasteiger partial charge in [0.15, 0.2) is 0 Å². The number of urea groups is 1. The van der Waals surface area contributed by atoms with Gasteiger partial charge in [0.05, 0.1) is 6.26 Å². The summed E-state index contributed by atoms with van der Waals surface area (Å²) in [7, 11) is -3.22. The van der Waals surface area contributed by atoms with Crippen LogP contribution in [0.25, 0.3) is 0 Å². The molecule has 9 heteroatoms. The Hall–Kier alpha value is -1.35. The van der Waals surface area contributed by atoms with Crippen molar-refractivity contribution in [2.45, 2.75) is 26.3 Å². The molecule has 0 saturated heterocycles. The third-order valence-corrected chi connectivity index (χ3v) is 2.95. The summed E-state index contributed by atoms with van der Waals surface area (Å²) in [5.74, 6) is -1.32. The van der Waals surface area contributed by atoms with Crippen molar-refractivity contribution < 1.29 is 23.1 Å². The Balaban J connectivity index is 3.90. The van der Waals surface area contributed by atoms with Crippen LogP contribution in [0.3, 0.4) is 0 Å². The number of aliphatic carboxylic acids is 1. The van der Waals surface area contributed by atoms with E-state index >= 15 is 0 Å². The summed E-state index contributed by atoms with van der Waals surface area (Å²) < 4.78 is 23.8. The number of carbonyl (C=O) groups is 2. The fourth-order valence-electron chi connectivity index (χ4n) is 1.25. The van der Waals surface area contributed by atoms with Crippen LogP contribution in [0.4, 0.5) is 4.79 Å². The van der Waals surface area contributed by atoms with Gasteiger partial charge in [-0.2, -0.15) is 0 Å². The normalized spacial score (nSPS) is 13.1. The predicted molar refractivity (Wildman–Crippen MR) is 70.3 cm³/mol. The first kappa shape index (κ1) is 17.6. The third-order valence-electron chi connectivity index (χ3n) is 2.22. The summed E-state index contributed by atoms with van der Waals surface area (Å²) in [6, 6.07) is -1.53. The largest absolute Gasteiger partial charge is 0.480 e. The standard InChI is InChI=1S/C10H21N3O5S/c1-7(2)8(9(14)15)13-10(16)11-5-4-6-12-19(3,17)18/h7-8,12H,4-6H2,1-3H3,(H,14,15)(H2,11,13,16)/t8-/m0/s1. The Morgan fingerprint density at radius 1 is 1.21 bits per heavy atom. The maximum absolute atomic E-state index is 11.4. The van der Waals surface area contributed by atoms with Gasteiger partial charge in [0, 0.05) is 13.1 Å². The number of amides is 2. The smallest absolute Gasteiger partial charge is 0.326 e. The number of carboxylic acid groups (broad SMARTS) is 1. The van der Waals surface area contributed by atoms with Crippen LogP contribution in [0, 0.1) is 5.92 Å². The van der Waals surface area contributed by atoms with Crippen LogP contribution in [0.5, 0.6) is 0 Å². The van der Waals surface area contributed by atoms with Crippen molar-refractivity contribution in [3.63, 3.8) is 0 Å². The van der Waals surface area contributed by atoms with Crippen molar-refractivity contribution in [1.82, 2.24) is 15.4 Å². The zero-order chi connectivity index (χ0) is 15.1. The van der Waals surface area contributed by atoms with Crippen molar-refractivity contribution in [1.29, 1.82) is 0 Å². The van der Waals surface area contributed by atoms with Gasteiger partial charge in [0.25, 0.3) is 0 Å². The molecule has 4 N–H and O–H groups in total. The van der Waals surface area contributed by atoms with Crippen molar-refractivity contribution in [3.05, 3.63) is 0 Å². The third kappa shape index (κ3) is 9.25. The number of hydrogen-bond acceptors (Lipinski definition) is 4. The SMILES string of the molecule is CC(C)[C@H](NC(=O)NCCCNS(C)(=O)=O)C(=O)O. The topological polar surface area (TPSA) is 125 Å². The van der Waals surface area contributed by atoms with Gasteiger partial charge in [-0.3, -0.25) is 0 Å². The second kappa shape index (κ2) is 7.95. The Morgan fingerprint density at radius 2 is 1.79 bits per heavy atom. The lowest BCUT2D eigenvalue weighted by molar-refractivity contribution is -0.140. The zero-order valence-electron chi connectivity index (χ0n) is 11.3. The van der Waals surface area contributed by atoms with Crippen molar-refractivity contribution in [2.24, 2.45) is 5.92 Å². The first-order valence-electron chi connectivity index (χ1n) is 5.85. The van der Waals surface area contributed by atoms with Gasteiger partial charge >= 0.3 is 12.0 Å². The summed E-state index contributed by atoms with van der Waals surface area (Å²) in [6.07, 6.45) is 1.47. The molecule has 0 rings (SSSR count). The fraction of sp³-hybridized carbons (Fsp3) is 0.800. The minimum Gasteiger partial charge on any atom is -0.480 e. The number of nitrogens with one attached hydrogen (secondary N) is 3. The molecular formula is C10H21N3O5S. The van der Waals surface area contributed by atoms with E-state index in [1.54, 1.807) is 13.8 Å². The highest BCUT2D eigenvalue weighted by atomic mass is 32.2. The van der Waals surface area contributed by atoms with Crippen molar-refractivity contribution in [3.8, 4) is 0 Å². The van der Waals surface area contributed by atoms with Crippen LogP contribution in [0.1, 0.15) is 20.3 Å². The molecule has 8 nitrogen and oxygen atoms in total. The van der Waals surface area contributed by atoms with Crippen molar-refractivity contribution >= 4 is 22.0 Å². The van der Waals surface area contributed by atoms with E-state index in [4.69, 9.17) is 5.11 Å². The minimum absolute atomic E-state index is 0.214. The van der Waals surface area contributed by atoms with Gasteiger partial charge in [0.2, 0.25) is 10.0 Å². The van der Waals surface area contributed by atoms with Gasteiger partial charge in [-0.15, -0.1) is 0 Å². The van der Waals surface area contributed by atoms with E-state index in [1.165, 1.54) is 0 Å². The molecule has 0 fully saturated rings. The van der Waals surface area contributed by atoms with Gasteiger partial charge in [-0.1, -0.05) is 13.8 Å². The van der Waals surface area contributed by atoms with E-state index < -0.39 is 28.1 Å². The van der Waals surface area contributed by atoms with E-state index in [1.807, 2.05) is 0 Å². The molecule has 0 radical (unpaired) electrons. The first-order chi connectivity index (χ1) is 8.63. The summed E-state index contributed by atoms with van der Waals surface area (Å²) >= 11 is 0. The molecule has 0 spiro atoms. The maximum atomic E-state index is 11.4. The second-order valence-electron chi connectivity index (χ2n) is 4.48. The molecule has 0 heterocycles. The van der Waals surface area contributed by atoms with E-state index in [0.29, 0.717) is 6.42 Å². The Morgan fingerprint density at radius 3 is 2.21 bits per heavy atom. The highest BCUT2D eigenvalue weighted by Crippen LogP contribution is 2.01. The summed E-state index contributed by atoms with van der Waals surface area (Å²) in [5, 5.41) is 13.7. The van der Waals surface area contributed by atoms with Gasteiger partial charge in [-0.05, 0) is 12.3 Å². The van der Waals surface area contributed by atoms with E-state index in [2.05, 4.69) is 15.4 Å². The maximum Gasteiger partial charge on any atom is 0.326 e. The lowest BCUT2D eigenvalue weighted by atomic mass is 10.1. The highest BCUT2D eigenvalue weighted by molar-refractivity contribution is 7.88. The average Bonchev–Trinajstić information content (AvgIpc) is 2.22. The number of sulfonamides is 1. The number of hydrogen-bond donors (Lipinski definition) is 4. The van der Waals surface area contributed by atoms with Gasteiger partial charge in [0.1, 0.15) is 6.04 Å². The van der Waals surface area contributed by atoms with Crippen LogP contribution in [0.15, 0.2) is 0 Å². The van der Waals surface area contributed by atoms with E-state index in [9.17, 15) is 18.0 Å². The van der Waals surface area contributed by atoms with Crippen molar-refractivity contribution in [2.75, 3.05) is 19.3 Å². The minimum atomic E-state index is -3.22. The Labute approximate surface area is 113 Å². The van der Waals surface area contributed by atoms with Crippen LogP contribution < -0.4 is 15.4 Å². The zero-order valence-corrected chi connectivity index (χ0v) is 12.1. The molecule has 0 aromatic rings. The number of rotatable bonds is 8. The quantitative estimate of drug-likeness (QED) is 0.442. The first-order valence-corrected chi connectivity index (χ1v) is 7.74. The monoisotopic (exact) mass is 295 g/mol.